The normalized spacial score (nSPS) is 13.6. The minimum Gasteiger partial charge on any atom is -0.772 e. The van der Waals surface area contributed by atoms with Crippen molar-refractivity contribution < 1.29 is 13.6 Å². The molecule has 0 aliphatic rings. The Morgan fingerprint density at radius 2 is 2.21 bits per heavy atom. The Morgan fingerprint density at radius 1 is 1.38 bits per heavy atom. The molecule has 4 aromatic rings. The van der Waals surface area contributed by atoms with E-state index in [2.05, 4.69) is 25.6 Å². The van der Waals surface area contributed by atoms with E-state index in [9.17, 15) is 13.6 Å². The zero-order valence-electron chi connectivity index (χ0n) is 15.5. The van der Waals surface area contributed by atoms with Crippen molar-refractivity contribution in [3.8, 4) is 11.3 Å². The number of nitrogen functional groups attached to an aromatic ring is 1. The number of nitrogens with one attached hydrogen (secondary N) is 2. The summed E-state index contributed by atoms with van der Waals surface area (Å²) < 4.78 is 22.7. The second-order valence-corrected chi connectivity index (χ2v) is 7.56. The summed E-state index contributed by atoms with van der Waals surface area (Å²) >= 11 is -2.20. The lowest BCUT2D eigenvalue weighted by molar-refractivity contribution is -0.123. The molecule has 3 aromatic heterocycles. The maximum absolute atomic E-state index is 12.3. The summed E-state index contributed by atoms with van der Waals surface area (Å²) in [7, 11) is 0. The van der Waals surface area contributed by atoms with Crippen LogP contribution in [0.2, 0.25) is 0 Å². The maximum Gasteiger partial charge on any atom is 0.244 e. The van der Waals surface area contributed by atoms with E-state index >= 15 is 0 Å². The van der Waals surface area contributed by atoms with Crippen LogP contribution in [0.3, 0.4) is 0 Å². The molecule has 1 amide bonds. The molecule has 0 radical (unpaired) electrons. The highest BCUT2D eigenvalue weighted by molar-refractivity contribution is 7.79. The minimum absolute atomic E-state index is 0.0447. The molecule has 4 N–H and O–H groups in total. The Hall–Kier alpha value is -3.31. The summed E-state index contributed by atoms with van der Waals surface area (Å²) in [5.74, 6) is -0.157. The SMILES string of the molecule is CC(C(=O)NCCS(=O)[O-])n1cc2c(N)nc3cc(-c4ccn[nH]4)ccc3c2n1. The number of carbonyl (C=O) groups is 1. The number of aromatic amines is 1. The number of fused-ring (bicyclic) bond motifs is 3. The molecule has 2 atom stereocenters. The summed E-state index contributed by atoms with van der Waals surface area (Å²) in [6.07, 6.45) is 3.35. The number of anilines is 1. The molecule has 0 saturated heterocycles. The standard InChI is InChI=1S/C18H19N7O3S/c1-10(18(26)20-6-7-29(27)28)25-9-13-16(24-25)12-3-2-11(14-4-5-21-23-14)8-15(12)22-17(13)19/h2-5,8-10H,6-7H2,1H3,(H2,19,22)(H,20,26)(H,21,23)(H,27,28)/p-1. The van der Waals surface area contributed by atoms with Gasteiger partial charge in [0.2, 0.25) is 5.91 Å². The van der Waals surface area contributed by atoms with Gasteiger partial charge in [-0.15, -0.1) is 0 Å². The molecule has 0 bridgehead atoms. The molecule has 0 fully saturated rings. The Labute approximate surface area is 167 Å². The Kier molecular flexibility index (Phi) is 4.99. The highest BCUT2D eigenvalue weighted by atomic mass is 32.2. The van der Waals surface area contributed by atoms with Gasteiger partial charge in [0, 0.05) is 35.6 Å². The molecular weight excluding hydrogens is 394 g/mol. The van der Waals surface area contributed by atoms with Crippen LogP contribution in [0.1, 0.15) is 13.0 Å². The Morgan fingerprint density at radius 3 is 2.93 bits per heavy atom. The molecule has 2 unspecified atom stereocenters. The quantitative estimate of drug-likeness (QED) is 0.401. The smallest absolute Gasteiger partial charge is 0.244 e. The minimum atomic E-state index is -2.20. The number of benzene rings is 1. The van der Waals surface area contributed by atoms with E-state index in [1.54, 1.807) is 19.3 Å². The van der Waals surface area contributed by atoms with Crippen LogP contribution in [0.5, 0.6) is 0 Å². The molecule has 4 rings (SSSR count). The van der Waals surface area contributed by atoms with Gasteiger partial charge in [0.25, 0.3) is 0 Å². The molecule has 0 aliphatic carbocycles. The summed E-state index contributed by atoms with van der Waals surface area (Å²) in [4.78, 5) is 16.8. The first-order chi connectivity index (χ1) is 13.9. The van der Waals surface area contributed by atoms with Crippen molar-refractivity contribution in [2.45, 2.75) is 13.0 Å². The van der Waals surface area contributed by atoms with Crippen molar-refractivity contribution >= 4 is 44.6 Å². The largest absolute Gasteiger partial charge is 0.772 e. The van der Waals surface area contributed by atoms with Gasteiger partial charge in [-0.1, -0.05) is 17.1 Å². The third kappa shape index (κ3) is 3.69. The monoisotopic (exact) mass is 412 g/mol. The predicted octanol–water partition coefficient (Wildman–Crippen LogP) is 1.11. The third-order valence-corrected chi connectivity index (χ3v) is 5.20. The van der Waals surface area contributed by atoms with Crippen LogP contribution in [-0.2, 0) is 15.9 Å². The summed E-state index contributed by atoms with van der Waals surface area (Å²) in [5.41, 5.74) is 9.25. The van der Waals surface area contributed by atoms with Crippen LogP contribution in [-0.4, -0.2) is 51.9 Å². The molecule has 0 aliphatic heterocycles. The molecule has 3 heterocycles. The molecule has 1 aromatic carbocycles. The average molecular weight is 412 g/mol. The number of nitrogens with zero attached hydrogens (tertiary/aromatic N) is 4. The molecule has 11 heteroatoms. The van der Waals surface area contributed by atoms with Crippen LogP contribution in [0.15, 0.2) is 36.7 Å². The van der Waals surface area contributed by atoms with Gasteiger partial charge in [-0.2, -0.15) is 10.2 Å². The fraction of sp³-hybridized carbons (Fsp3) is 0.222. The molecule has 0 spiro atoms. The second-order valence-electron chi connectivity index (χ2n) is 6.55. The fourth-order valence-corrected chi connectivity index (χ4v) is 3.37. The van der Waals surface area contributed by atoms with E-state index in [0.717, 1.165) is 16.6 Å². The number of nitrogens with two attached hydrogens (primary N) is 1. The van der Waals surface area contributed by atoms with Gasteiger partial charge in [-0.25, -0.2) is 4.98 Å². The van der Waals surface area contributed by atoms with Gasteiger partial charge in [0.15, 0.2) is 0 Å². The lowest BCUT2D eigenvalue weighted by atomic mass is 10.1. The second kappa shape index (κ2) is 7.60. The van der Waals surface area contributed by atoms with Crippen molar-refractivity contribution in [1.29, 1.82) is 0 Å². The van der Waals surface area contributed by atoms with E-state index in [4.69, 9.17) is 5.73 Å². The van der Waals surface area contributed by atoms with Crippen molar-refractivity contribution in [2.24, 2.45) is 0 Å². The zero-order chi connectivity index (χ0) is 20.5. The van der Waals surface area contributed by atoms with Gasteiger partial charge < -0.3 is 15.6 Å². The Bertz CT molecular complexity index is 1220. The fourth-order valence-electron chi connectivity index (χ4n) is 3.10. The number of hydrogen-bond donors (Lipinski definition) is 3. The number of aromatic nitrogens is 5. The van der Waals surface area contributed by atoms with E-state index in [-0.39, 0.29) is 18.2 Å². The number of hydrogen-bond acceptors (Lipinski definition) is 7. The topological polar surface area (TPSA) is 155 Å². The summed E-state index contributed by atoms with van der Waals surface area (Å²) in [6.45, 7) is 1.72. The third-order valence-electron chi connectivity index (χ3n) is 4.66. The van der Waals surface area contributed by atoms with Crippen molar-refractivity contribution in [1.82, 2.24) is 30.3 Å². The number of rotatable bonds is 6. The van der Waals surface area contributed by atoms with Gasteiger partial charge in [0.1, 0.15) is 17.4 Å². The van der Waals surface area contributed by atoms with Crippen molar-refractivity contribution in [3.05, 3.63) is 36.7 Å². The van der Waals surface area contributed by atoms with Gasteiger partial charge in [0.05, 0.1) is 16.6 Å². The number of carbonyl (C=O) groups excluding carboxylic acids is 1. The molecule has 0 saturated carbocycles. The summed E-state index contributed by atoms with van der Waals surface area (Å²) in [5, 5.41) is 15.5. The van der Waals surface area contributed by atoms with Gasteiger partial charge in [-0.3, -0.25) is 18.8 Å². The average Bonchev–Trinajstić information content (AvgIpc) is 3.37. The lowest BCUT2D eigenvalue weighted by Crippen LogP contribution is -2.33. The lowest BCUT2D eigenvalue weighted by Gasteiger charge is -2.13. The van der Waals surface area contributed by atoms with Crippen LogP contribution in [0.4, 0.5) is 5.82 Å². The first-order valence-corrected chi connectivity index (χ1v) is 10.1. The van der Waals surface area contributed by atoms with Crippen LogP contribution < -0.4 is 11.1 Å². The van der Waals surface area contributed by atoms with Crippen molar-refractivity contribution in [2.75, 3.05) is 18.0 Å². The summed E-state index contributed by atoms with van der Waals surface area (Å²) in [6, 6.07) is 6.97. The maximum atomic E-state index is 12.3. The van der Waals surface area contributed by atoms with E-state index in [1.807, 2.05) is 24.3 Å². The molecular formula is C18H18N7O3S-. The number of pyridine rings is 1. The van der Waals surface area contributed by atoms with E-state index < -0.39 is 17.1 Å². The van der Waals surface area contributed by atoms with E-state index in [0.29, 0.717) is 22.2 Å². The van der Waals surface area contributed by atoms with Gasteiger partial charge >= 0.3 is 0 Å². The van der Waals surface area contributed by atoms with Crippen LogP contribution >= 0.6 is 0 Å². The van der Waals surface area contributed by atoms with Crippen LogP contribution in [0.25, 0.3) is 33.1 Å². The first-order valence-electron chi connectivity index (χ1n) is 8.85. The van der Waals surface area contributed by atoms with Gasteiger partial charge in [-0.05, 0) is 25.1 Å². The number of amides is 1. The molecule has 10 nitrogen and oxygen atoms in total. The molecule has 29 heavy (non-hydrogen) atoms. The molecule has 150 valence electrons. The van der Waals surface area contributed by atoms with E-state index in [1.165, 1.54) is 4.68 Å². The highest BCUT2D eigenvalue weighted by Gasteiger charge is 2.19. The Balaban J connectivity index is 1.69. The predicted molar refractivity (Wildman–Crippen MR) is 109 cm³/mol. The zero-order valence-corrected chi connectivity index (χ0v) is 16.3. The number of H-pyrrole nitrogens is 1. The highest BCUT2D eigenvalue weighted by Crippen LogP contribution is 2.30. The van der Waals surface area contributed by atoms with Crippen LogP contribution in [0, 0.1) is 0 Å². The first kappa shape index (κ1) is 19.0. The van der Waals surface area contributed by atoms with Crippen molar-refractivity contribution in [3.63, 3.8) is 0 Å².